The largest absolute Gasteiger partial charge is 0.488 e. The molecule has 2 rings (SSSR count). The summed E-state index contributed by atoms with van der Waals surface area (Å²) in [5.41, 5.74) is 1.36. The van der Waals surface area contributed by atoms with Crippen LogP contribution in [-0.2, 0) is 449 Å². The molecule has 0 unspecified atom stereocenters. The Balaban J connectivity index is 0.00000122. The first-order chi connectivity index (χ1) is 31.7. The molecule has 0 fully saturated rings. The van der Waals surface area contributed by atoms with Gasteiger partial charge < -0.3 is 10.0 Å². The molecule has 370 valence electrons. The van der Waals surface area contributed by atoms with Gasteiger partial charge in [-0.05, 0) is 23.7 Å². The van der Waals surface area contributed by atoms with E-state index in [-0.39, 0.29) is 0 Å². The van der Waals surface area contributed by atoms with Gasteiger partial charge in [0.15, 0.2) is 0 Å². The molecule has 1 heterocycles. The van der Waals surface area contributed by atoms with Gasteiger partial charge in [-0.1, -0.05) is 12.1 Å². The van der Waals surface area contributed by atoms with E-state index in [1.807, 2.05) is 314 Å². The molecule has 0 saturated heterocycles. The summed E-state index contributed by atoms with van der Waals surface area (Å²) in [5.74, 6) is 0. The Morgan fingerprint density at radius 1 is 0.328 bits per heavy atom. The fourth-order valence-electron chi connectivity index (χ4n) is 1.74. The van der Waals surface area contributed by atoms with Gasteiger partial charge in [-0.15, -0.1) is 0 Å². The average Bonchev–Trinajstić information content (AvgIpc) is 3.86. The highest BCUT2D eigenvalue weighted by molar-refractivity contribution is 8.82. The van der Waals surface area contributed by atoms with Gasteiger partial charge in [-0.2, -0.15) is 5.10 Å². The zero-order chi connectivity index (χ0) is 45.9. The summed E-state index contributed by atoms with van der Waals surface area (Å²) < 4.78 is 1.70. The summed E-state index contributed by atoms with van der Waals surface area (Å²) in [5, 5.41) is 21.8. The van der Waals surface area contributed by atoms with Crippen LogP contribution in [0, 0.1) is 0 Å². The quantitative estimate of drug-likeness (QED) is 0.396. The first kappa shape index (κ1) is 71.4. The maximum atomic E-state index is 8.88. The minimum atomic E-state index is -1.42. The highest BCUT2D eigenvalue weighted by atomic mass is 33.5. The average molecular weight is 1790 g/mol. The molecule has 0 saturated carbocycles. The zero-order valence-corrected chi connectivity index (χ0v) is 68.6. The fraction of sp³-hybridized carbons (Fsp3) is 0. The normalized spacial score (nSPS) is 8.28. The Kier molecular flexibility index (Phi) is 68.8. The van der Waals surface area contributed by atoms with Crippen molar-refractivity contribution in [1.82, 2.24) is 9.78 Å². The van der Waals surface area contributed by atoms with Crippen molar-refractivity contribution in [2.75, 3.05) is 0 Å². The molecule has 0 atom stereocenters. The van der Waals surface area contributed by atoms with E-state index in [2.05, 4.69) is 5.10 Å². The third-order valence-corrected chi connectivity index (χ3v) is 108. The molecule has 55 heteroatoms. The second kappa shape index (κ2) is 61.6. The lowest BCUT2D eigenvalue weighted by Gasteiger charge is -2.02. The number of benzene rings is 1. The third-order valence-electron chi connectivity index (χ3n) is 3.27. The van der Waals surface area contributed by atoms with Gasteiger partial charge in [-0.25, -0.2) is 4.68 Å². The summed E-state index contributed by atoms with van der Waals surface area (Å²) >= 11 is 9.62. The maximum absolute atomic E-state index is 8.88. The Labute approximate surface area is 515 Å². The molecular formula is C9H9BN2O2S50. The van der Waals surface area contributed by atoms with Crippen LogP contribution < -0.4 is 5.46 Å². The zero-order valence-electron chi connectivity index (χ0n) is 27.8. The lowest BCUT2D eigenvalue weighted by molar-refractivity contribution is 0.426. The van der Waals surface area contributed by atoms with Crippen LogP contribution in [0.2, 0.25) is 0 Å². The Morgan fingerprint density at radius 3 is 0.688 bits per heavy atom. The SMILES string of the molecule is OB(O)c1ccc(-n2cccn2)cc1.S=S=S=S=S=S=S=S=S=S=S=S=S=S=S=S=S=S=S=S=S=S=S=S=S=S=S=S=S=S=S=S=S=S=S=S=S=S=S=S=S=S=S=S=S=S=S=S=S=S. The van der Waals surface area contributed by atoms with Crippen LogP contribution in [0.15, 0.2) is 42.7 Å². The second-order valence-corrected chi connectivity index (χ2v) is 91.1. The van der Waals surface area contributed by atoms with Crippen LogP contribution in [0.1, 0.15) is 0 Å². The van der Waals surface area contributed by atoms with E-state index in [9.17, 15) is 0 Å². The minimum absolute atomic E-state index is 0.473. The van der Waals surface area contributed by atoms with E-state index in [4.69, 9.17) is 32.4 Å². The van der Waals surface area contributed by atoms with Gasteiger partial charge in [0, 0.05) is 461 Å². The number of nitrogens with zero attached hydrogens (tertiary/aromatic N) is 2. The first-order valence-electron chi connectivity index (χ1n) is 12.4. The highest BCUT2D eigenvalue weighted by Gasteiger charge is 2.09. The van der Waals surface area contributed by atoms with Crippen molar-refractivity contribution >= 4 is 461 Å². The van der Waals surface area contributed by atoms with E-state index in [1.54, 1.807) is 142 Å². The predicted molar refractivity (Wildman–Crippen MR) is 422 cm³/mol. The van der Waals surface area contributed by atoms with E-state index < -0.39 is 7.12 Å². The molecule has 2 N–H and O–H groups in total. The molecule has 0 aliphatic carbocycles. The summed E-state index contributed by atoms with van der Waals surface area (Å²) in [6, 6.07) is 8.70. The lowest BCUT2D eigenvalue weighted by atomic mass is 9.80. The third kappa shape index (κ3) is 53.4. The molecule has 1 aromatic heterocycles. The van der Waals surface area contributed by atoms with Crippen LogP contribution in [0.5, 0.6) is 0 Å². The van der Waals surface area contributed by atoms with Gasteiger partial charge in [0.2, 0.25) is 0 Å². The molecule has 0 spiro atoms. The standard InChI is InChI=1S/C9H9BN2O2.S50/c13-10(14)8-2-4-9(5-3-8)12-7-1-6-11-12;1-3-5-7-9-11-13-15-17-19-21-23-25-27-29-31-33-35-37-39-41-43-45-47-49-50-48-46-44-42-40-38-36-34-32-30-28-26-24-22-20-18-16-14-12-10-8-6-4-2/h1-7,13-14H;. The lowest BCUT2D eigenvalue weighted by Crippen LogP contribution is -2.29. The molecule has 4 nitrogen and oxygen atoms in total. The minimum Gasteiger partial charge on any atom is -0.423 e. The number of hydrogen-bond acceptors (Lipinski definition) is 5. The van der Waals surface area contributed by atoms with Crippen molar-refractivity contribution in [3.8, 4) is 5.69 Å². The topological polar surface area (TPSA) is 58.3 Å². The second-order valence-electron chi connectivity index (χ2n) is 6.18. The van der Waals surface area contributed by atoms with Gasteiger partial charge in [0.05, 0.1) is 5.69 Å². The summed E-state index contributed by atoms with van der Waals surface area (Å²) in [6.45, 7) is 0. The smallest absolute Gasteiger partial charge is 0.423 e. The Bertz CT molecular complexity index is 3970. The van der Waals surface area contributed by atoms with Crippen molar-refractivity contribution < 1.29 is 10.0 Å². The number of aromatic nitrogens is 2. The molecule has 0 aliphatic rings. The number of hydrogen-bond donors (Lipinski definition) is 2. The van der Waals surface area contributed by atoms with Crippen molar-refractivity contribution in [2.45, 2.75) is 0 Å². The van der Waals surface area contributed by atoms with E-state index >= 15 is 0 Å². The van der Waals surface area contributed by atoms with Crippen LogP contribution in [0.25, 0.3) is 5.69 Å². The molecule has 0 radical (unpaired) electrons. The van der Waals surface area contributed by atoms with Crippen LogP contribution in [0.3, 0.4) is 0 Å². The number of rotatable bonds is 2. The first-order valence-corrected chi connectivity index (χ1v) is 77.7. The predicted octanol–water partition coefficient (Wildman–Crippen LogP) is -0.568. The van der Waals surface area contributed by atoms with Crippen LogP contribution in [0.4, 0.5) is 0 Å². The monoisotopic (exact) mass is 1790 g/mol. The van der Waals surface area contributed by atoms with Crippen molar-refractivity contribution in [3.63, 3.8) is 0 Å². The Morgan fingerprint density at radius 2 is 0.531 bits per heavy atom. The van der Waals surface area contributed by atoms with Crippen LogP contribution >= 0.6 is 0 Å². The van der Waals surface area contributed by atoms with Gasteiger partial charge in [-0.3, -0.25) is 0 Å². The molecular weight excluding hydrogens is 1780 g/mol. The molecule has 0 amide bonds. The van der Waals surface area contributed by atoms with Crippen molar-refractivity contribution in [2.24, 2.45) is 0 Å². The van der Waals surface area contributed by atoms with Crippen LogP contribution in [-0.4, -0.2) is 26.9 Å². The molecule has 2 aromatic rings. The molecule has 0 aliphatic heterocycles. The van der Waals surface area contributed by atoms with Gasteiger partial charge >= 0.3 is 7.12 Å². The summed E-state index contributed by atoms with van der Waals surface area (Å²) in [6.07, 6.45) is 3.51. The summed E-state index contributed by atoms with van der Waals surface area (Å²) in [4.78, 5) is 0. The van der Waals surface area contributed by atoms with E-state index in [0.717, 1.165) is 5.69 Å². The fourth-order valence-corrected chi connectivity index (χ4v) is 128. The Hall–Kier alpha value is 9.41. The van der Waals surface area contributed by atoms with Crippen molar-refractivity contribution in [3.05, 3.63) is 42.7 Å². The van der Waals surface area contributed by atoms with Gasteiger partial charge in [0.25, 0.3) is 0 Å². The molecule has 1 aromatic carbocycles. The molecule has 64 heavy (non-hydrogen) atoms. The molecule has 0 bridgehead atoms. The van der Waals surface area contributed by atoms with Crippen molar-refractivity contribution in [1.29, 1.82) is 0 Å². The van der Waals surface area contributed by atoms with E-state index in [1.165, 1.54) is 17.8 Å². The highest BCUT2D eigenvalue weighted by Crippen LogP contribution is 2.03. The summed E-state index contributed by atoms with van der Waals surface area (Å²) in [7, 11) is 84.3. The maximum Gasteiger partial charge on any atom is 0.488 e. The van der Waals surface area contributed by atoms with E-state index in [0.29, 0.717) is 5.46 Å². The van der Waals surface area contributed by atoms with Gasteiger partial charge in [0.1, 0.15) is 0 Å².